The van der Waals surface area contributed by atoms with Crippen LogP contribution in [-0.4, -0.2) is 45.9 Å². The third-order valence-corrected chi connectivity index (χ3v) is 5.48. The summed E-state index contributed by atoms with van der Waals surface area (Å²) in [6, 6.07) is 0. The van der Waals surface area contributed by atoms with Gasteiger partial charge < -0.3 is 10.5 Å². The molecule has 3 heterocycles. The molecule has 3 rings (SSSR count). The minimum absolute atomic E-state index is 0.259. The smallest absolute Gasteiger partial charge is 0.382 e. The highest BCUT2D eigenvalue weighted by Crippen LogP contribution is 2.50. The zero-order valence-electron chi connectivity index (χ0n) is 13.7. The summed E-state index contributed by atoms with van der Waals surface area (Å²) < 4.78 is 34.9. The van der Waals surface area contributed by atoms with E-state index in [0.29, 0.717) is 17.0 Å². The Kier molecular flexibility index (Phi) is 4.84. The molecular weight excluding hydrogens is 337 g/mol. The minimum Gasteiger partial charge on any atom is -0.382 e. The van der Waals surface area contributed by atoms with E-state index in [-0.39, 0.29) is 12.3 Å². The van der Waals surface area contributed by atoms with Crippen LogP contribution in [-0.2, 0) is 22.9 Å². The molecule has 0 spiro atoms. The predicted molar refractivity (Wildman–Crippen MR) is 85.1 cm³/mol. The van der Waals surface area contributed by atoms with Crippen molar-refractivity contribution in [1.29, 1.82) is 0 Å². The van der Waals surface area contributed by atoms with Gasteiger partial charge in [0.1, 0.15) is 18.1 Å². The Balaban J connectivity index is 1.73. The maximum Gasteiger partial charge on any atom is 0.474 e. The Morgan fingerprint density at radius 2 is 2.08 bits per heavy atom. The fourth-order valence-electron chi connectivity index (χ4n) is 2.71. The molecular formula is C13H20N5O5P. The Morgan fingerprint density at radius 1 is 1.33 bits per heavy atom. The normalized spacial score (nSPS) is 23.0. The Bertz CT molecular complexity index is 760. The highest BCUT2D eigenvalue weighted by atomic mass is 31.2. The third-order valence-electron chi connectivity index (χ3n) is 3.99. The second-order valence-electron chi connectivity index (χ2n) is 5.41. The monoisotopic (exact) mass is 357 g/mol. The van der Waals surface area contributed by atoms with Crippen molar-refractivity contribution in [3.63, 3.8) is 0 Å². The number of hydrogen-bond acceptors (Lipinski definition) is 9. The summed E-state index contributed by atoms with van der Waals surface area (Å²) in [5.41, 5.74) is 6.95. The topological polar surface area (TPSA) is 124 Å². The third kappa shape index (κ3) is 3.15. The van der Waals surface area contributed by atoms with Gasteiger partial charge in [-0.15, -0.1) is 0 Å². The maximum absolute atomic E-state index is 12.1. The molecule has 1 aliphatic heterocycles. The number of rotatable bonds is 6. The van der Waals surface area contributed by atoms with Crippen LogP contribution >= 0.6 is 7.82 Å². The summed E-state index contributed by atoms with van der Waals surface area (Å²) in [6.07, 6.45) is 3.49. The molecule has 0 aliphatic carbocycles. The number of phosphoric ester groups is 1. The zero-order valence-corrected chi connectivity index (χ0v) is 14.6. The van der Waals surface area contributed by atoms with Crippen molar-refractivity contribution < 1.29 is 22.9 Å². The minimum atomic E-state index is -3.55. The second-order valence-corrected chi connectivity index (χ2v) is 7.25. The standard InChI is InChI=1S/C13H20N5O5P/c1-8(23-24(19,20-2)21-3)9-4-5-10(22-9)18-7-17-11-12(14)15-6-16-13(11)18/h6-10H,4-5H2,1-3H3,(H2,14,15,16). The summed E-state index contributed by atoms with van der Waals surface area (Å²) in [5, 5.41) is 0. The molecule has 3 atom stereocenters. The number of nitrogen functional groups attached to an aromatic ring is 1. The van der Waals surface area contributed by atoms with Gasteiger partial charge in [0.05, 0.1) is 18.5 Å². The van der Waals surface area contributed by atoms with Gasteiger partial charge in [0, 0.05) is 14.2 Å². The summed E-state index contributed by atoms with van der Waals surface area (Å²) >= 11 is 0. The fraction of sp³-hybridized carbons (Fsp3) is 0.615. The van der Waals surface area contributed by atoms with E-state index in [0.717, 1.165) is 12.8 Å². The Labute approximate surface area is 138 Å². The average molecular weight is 357 g/mol. The van der Waals surface area contributed by atoms with Crippen LogP contribution in [0.25, 0.3) is 11.2 Å². The van der Waals surface area contributed by atoms with Crippen molar-refractivity contribution >= 4 is 24.8 Å². The van der Waals surface area contributed by atoms with Crippen molar-refractivity contribution in [2.24, 2.45) is 0 Å². The molecule has 0 aromatic carbocycles. The van der Waals surface area contributed by atoms with Crippen molar-refractivity contribution in [3.05, 3.63) is 12.7 Å². The first-order chi connectivity index (χ1) is 11.5. The van der Waals surface area contributed by atoms with E-state index in [9.17, 15) is 4.57 Å². The van der Waals surface area contributed by atoms with Crippen molar-refractivity contribution in [1.82, 2.24) is 19.5 Å². The highest BCUT2D eigenvalue weighted by molar-refractivity contribution is 7.48. The van der Waals surface area contributed by atoms with Crippen LogP contribution in [0.2, 0.25) is 0 Å². The van der Waals surface area contributed by atoms with Gasteiger partial charge in [0.15, 0.2) is 11.5 Å². The molecule has 10 nitrogen and oxygen atoms in total. The van der Waals surface area contributed by atoms with Gasteiger partial charge in [-0.1, -0.05) is 0 Å². The number of imidazole rings is 1. The number of anilines is 1. The SMILES string of the molecule is COP(=O)(OC)OC(C)C1CCC(n2cnc3c(N)ncnc32)O1. The number of ether oxygens (including phenoxy) is 1. The average Bonchev–Trinajstić information content (AvgIpc) is 3.21. The van der Waals surface area contributed by atoms with E-state index in [1.807, 2.05) is 4.57 Å². The molecule has 0 bridgehead atoms. The van der Waals surface area contributed by atoms with E-state index >= 15 is 0 Å². The van der Waals surface area contributed by atoms with Crippen LogP contribution in [0.15, 0.2) is 12.7 Å². The molecule has 11 heteroatoms. The lowest BCUT2D eigenvalue weighted by molar-refractivity contribution is -0.0523. The molecule has 3 unspecified atom stereocenters. The van der Waals surface area contributed by atoms with E-state index in [2.05, 4.69) is 15.0 Å². The summed E-state index contributed by atoms with van der Waals surface area (Å²) in [5.74, 6) is 0.325. The molecule has 1 aliphatic rings. The van der Waals surface area contributed by atoms with Gasteiger partial charge in [-0.3, -0.25) is 18.1 Å². The largest absolute Gasteiger partial charge is 0.474 e. The molecule has 24 heavy (non-hydrogen) atoms. The lowest BCUT2D eigenvalue weighted by Crippen LogP contribution is -2.25. The maximum atomic E-state index is 12.1. The van der Waals surface area contributed by atoms with Gasteiger partial charge in [0.25, 0.3) is 0 Å². The molecule has 2 aromatic rings. The van der Waals surface area contributed by atoms with Crippen molar-refractivity contribution in [3.8, 4) is 0 Å². The molecule has 0 saturated carbocycles. The molecule has 2 N–H and O–H groups in total. The molecule has 0 amide bonds. The summed E-state index contributed by atoms with van der Waals surface area (Å²) in [6.45, 7) is 1.77. The van der Waals surface area contributed by atoms with Crippen molar-refractivity contribution in [2.75, 3.05) is 20.0 Å². The molecule has 1 fully saturated rings. The first-order valence-electron chi connectivity index (χ1n) is 7.46. The Hall–Kier alpha value is -1.58. The Morgan fingerprint density at radius 3 is 2.79 bits per heavy atom. The number of fused-ring (bicyclic) bond motifs is 1. The fourth-order valence-corrected chi connectivity index (χ4v) is 3.57. The molecule has 132 valence electrons. The summed E-state index contributed by atoms with van der Waals surface area (Å²) in [4.78, 5) is 12.4. The van der Waals surface area contributed by atoms with Gasteiger partial charge in [-0.2, -0.15) is 0 Å². The van der Waals surface area contributed by atoms with Gasteiger partial charge in [-0.05, 0) is 19.8 Å². The number of nitrogens with zero attached hydrogens (tertiary/aromatic N) is 4. The second kappa shape index (κ2) is 6.73. The van der Waals surface area contributed by atoms with E-state index < -0.39 is 13.9 Å². The van der Waals surface area contributed by atoms with E-state index in [1.54, 1.807) is 13.3 Å². The van der Waals surface area contributed by atoms with Crippen LogP contribution < -0.4 is 5.73 Å². The lowest BCUT2D eigenvalue weighted by atomic mass is 10.1. The van der Waals surface area contributed by atoms with Crippen LogP contribution in [0.5, 0.6) is 0 Å². The van der Waals surface area contributed by atoms with Crippen LogP contribution in [0.4, 0.5) is 5.82 Å². The quantitative estimate of drug-likeness (QED) is 0.772. The van der Waals surface area contributed by atoms with Gasteiger partial charge in [0.2, 0.25) is 0 Å². The first-order valence-corrected chi connectivity index (χ1v) is 8.92. The highest BCUT2D eigenvalue weighted by Gasteiger charge is 2.36. The predicted octanol–water partition coefficient (Wildman–Crippen LogP) is 1.89. The van der Waals surface area contributed by atoms with Gasteiger partial charge in [-0.25, -0.2) is 19.5 Å². The van der Waals surface area contributed by atoms with Crippen LogP contribution in [0.1, 0.15) is 26.0 Å². The number of hydrogen-bond donors (Lipinski definition) is 1. The van der Waals surface area contributed by atoms with E-state index in [4.69, 9.17) is 24.0 Å². The molecule has 2 aromatic heterocycles. The number of aromatic nitrogens is 4. The summed E-state index contributed by atoms with van der Waals surface area (Å²) in [7, 11) is -1.00. The van der Waals surface area contributed by atoms with E-state index in [1.165, 1.54) is 20.5 Å². The van der Waals surface area contributed by atoms with Crippen LogP contribution in [0.3, 0.4) is 0 Å². The number of nitrogens with two attached hydrogens (primary N) is 1. The van der Waals surface area contributed by atoms with Gasteiger partial charge >= 0.3 is 7.82 Å². The first kappa shape index (κ1) is 17.2. The molecule has 1 saturated heterocycles. The zero-order chi connectivity index (χ0) is 17.3. The number of phosphoric acid groups is 1. The lowest BCUT2D eigenvalue weighted by Gasteiger charge is -2.23. The van der Waals surface area contributed by atoms with Crippen molar-refractivity contribution in [2.45, 2.75) is 38.2 Å². The molecule has 0 radical (unpaired) electrons. The van der Waals surface area contributed by atoms with Crippen LogP contribution in [0, 0.1) is 0 Å².